The van der Waals surface area contributed by atoms with Gasteiger partial charge in [-0.25, -0.2) is 5.43 Å². The van der Waals surface area contributed by atoms with Crippen molar-refractivity contribution in [1.82, 2.24) is 5.43 Å². The number of hydrazone groups is 1. The van der Waals surface area contributed by atoms with Crippen molar-refractivity contribution in [2.24, 2.45) is 5.10 Å². The van der Waals surface area contributed by atoms with Crippen LogP contribution in [0.5, 0.6) is 5.75 Å². The lowest BCUT2D eigenvalue weighted by molar-refractivity contribution is -0.121. The van der Waals surface area contributed by atoms with E-state index >= 15 is 0 Å². The van der Waals surface area contributed by atoms with E-state index in [2.05, 4.69) is 17.5 Å². The van der Waals surface area contributed by atoms with Crippen LogP contribution in [0.1, 0.15) is 57.4 Å². The highest BCUT2D eigenvalue weighted by Gasteiger charge is 2.06. The fraction of sp³-hybridized carbons (Fsp3) is 0.500. The van der Waals surface area contributed by atoms with E-state index in [1.807, 2.05) is 0 Å². The predicted octanol–water partition coefficient (Wildman–Crippen LogP) is 4.90. The molecule has 0 heterocycles. The van der Waals surface area contributed by atoms with E-state index < -0.39 is 0 Å². The number of unbranched alkanes of at least 4 members (excludes halogenated alkanes) is 5. The molecular weight excluding hydrogens is 323 g/mol. The van der Waals surface area contributed by atoms with Crippen LogP contribution in [0.25, 0.3) is 0 Å². The van der Waals surface area contributed by atoms with Gasteiger partial charge in [-0.2, -0.15) is 5.10 Å². The molecule has 0 unspecified atom stereocenters. The zero-order chi connectivity index (χ0) is 16.4. The van der Waals surface area contributed by atoms with Gasteiger partial charge in [0.15, 0.2) is 0 Å². The summed E-state index contributed by atoms with van der Waals surface area (Å²) in [5.74, 6) is -0.251. The number of carbonyl (C=O) groups is 1. The van der Waals surface area contributed by atoms with E-state index in [0.29, 0.717) is 17.0 Å². The minimum absolute atomic E-state index is 0.111. The van der Waals surface area contributed by atoms with E-state index in [1.165, 1.54) is 44.0 Å². The Kier molecular flexibility index (Phi) is 8.94. The molecule has 0 bridgehead atoms. The minimum atomic E-state index is -0.139. The van der Waals surface area contributed by atoms with Crippen molar-refractivity contribution in [3.8, 4) is 5.75 Å². The first-order valence-electron chi connectivity index (χ1n) is 7.54. The molecule has 6 heteroatoms. The molecule has 22 heavy (non-hydrogen) atoms. The van der Waals surface area contributed by atoms with Gasteiger partial charge in [0, 0.05) is 17.0 Å². The van der Waals surface area contributed by atoms with Gasteiger partial charge in [0.1, 0.15) is 5.75 Å². The van der Waals surface area contributed by atoms with Crippen LogP contribution < -0.4 is 5.43 Å². The lowest BCUT2D eigenvalue weighted by atomic mass is 10.1. The first kappa shape index (κ1) is 18.8. The van der Waals surface area contributed by atoms with Crippen molar-refractivity contribution in [1.29, 1.82) is 0 Å². The van der Waals surface area contributed by atoms with Crippen molar-refractivity contribution in [3.05, 3.63) is 27.7 Å². The quantitative estimate of drug-likeness (QED) is 0.380. The molecule has 0 saturated carbocycles. The number of phenols is 1. The van der Waals surface area contributed by atoms with Crippen molar-refractivity contribution in [3.63, 3.8) is 0 Å². The normalized spacial score (nSPS) is 11.0. The highest BCUT2D eigenvalue weighted by molar-refractivity contribution is 6.36. The summed E-state index contributed by atoms with van der Waals surface area (Å²) in [5, 5.41) is 14.1. The molecule has 0 radical (unpaired) electrons. The average Bonchev–Trinajstić information content (AvgIpc) is 2.47. The number of hydrogen-bond acceptors (Lipinski definition) is 3. The van der Waals surface area contributed by atoms with Crippen molar-refractivity contribution in [2.75, 3.05) is 0 Å². The van der Waals surface area contributed by atoms with Crippen LogP contribution in [0.3, 0.4) is 0 Å². The van der Waals surface area contributed by atoms with Crippen LogP contribution in [0.4, 0.5) is 0 Å². The Bertz CT molecular complexity index is 519. The molecule has 0 saturated heterocycles. The molecule has 0 spiro atoms. The molecule has 1 amide bonds. The van der Waals surface area contributed by atoms with Crippen LogP contribution >= 0.6 is 23.2 Å². The van der Waals surface area contributed by atoms with Gasteiger partial charge in [-0.3, -0.25) is 4.79 Å². The SMILES string of the molecule is CCCCCCCCC(=O)N/N=C\c1cc(Cl)cc(Cl)c1O. The standard InChI is InChI=1S/C16H22Cl2N2O2/c1-2-3-4-5-6-7-8-15(21)20-19-11-12-9-13(17)10-14(18)16(12)22/h9-11,22H,2-8H2,1H3,(H,20,21)/b19-11-. The van der Waals surface area contributed by atoms with Gasteiger partial charge in [-0.05, 0) is 18.6 Å². The van der Waals surface area contributed by atoms with Gasteiger partial charge in [0.05, 0.1) is 11.2 Å². The Hall–Kier alpha value is -1.26. The summed E-state index contributed by atoms with van der Waals surface area (Å²) in [6.45, 7) is 2.18. The van der Waals surface area contributed by atoms with Crippen LogP contribution in [0.15, 0.2) is 17.2 Å². The fourth-order valence-corrected chi connectivity index (χ4v) is 2.49. The molecule has 0 aliphatic heterocycles. The highest BCUT2D eigenvalue weighted by atomic mass is 35.5. The molecule has 0 atom stereocenters. The number of amides is 1. The molecule has 2 N–H and O–H groups in total. The molecule has 1 aromatic carbocycles. The van der Waals surface area contributed by atoms with E-state index in [9.17, 15) is 9.90 Å². The van der Waals surface area contributed by atoms with Crippen LogP contribution in [-0.4, -0.2) is 17.2 Å². The highest BCUT2D eigenvalue weighted by Crippen LogP contribution is 2.29. The molecule has 0 aliphatic rings. The molecule has 0 aromatic heterocycles. The molecule has 122 valence electrons. The Morgan fingerprint density at radius 1 is 1.23 bits per heavy atom. The number of phenolic OH excluding ortho intramolecular Hbond substituents is 1. The third kappa shape index (κ3) is 7.14. The van der Waals surface area contributed by atoms with Gasteiger partial charge < -0.3 is 5.11 Å². The van der Waals surface area contributed by atoms with Gasteiger partial charge in [-0.15, -0.1) is 0 Å². The molecule has 1 rings (SSSR count). The zero-order valence-electron chi connectivity index (χ0n) is 12.7. The second kappa shape index (κ2) is 10.5. The van der Waals surface area contributed by atoms with E-state index in [4.69, 9.17) is 23.2 Å². The lowest BCUT2D eigenvalue weighted by Crippen LogP contribution is -2.16. The van der Waals surface area contributed by atoms with E-state index in [0.717, 1.165) is 12.8 Å². The number of nitrogens with one attached hydrogen (secondary N) is 1. The average molecular weight is 345 g/mol. The second-order valence-corrected chi connectivity index (χ2v) is 5.98. The summed E-state index contributed by atoms with van der Waals surface area (Å²) in [7, 11) is 0. The second-order valence-electron chi connectivity index (χ2n) is 5.14. The van der Waals surface area contributed by atoms with Crippen LogP contribution in [0, 0.1) is 0 Å². The largest absolute Gasteiger partial charge is 0.506 e. The summed E-state index contributed by atoms with van der Waals surface area (Å²) in [5.41, 5.74) is 2.79. The lowest BCUT2D eigenvalue weighted by Gasteiger charge is -2.03. The predicted molar refractivity (Wildman–Crippen MR) is 91.9 cm³/mol. The third-order valence-corrected chi connectivity index (χ3v) is 3.71. The molecule has 0 aliphatic carbocycles. The molecule has 0 fully saturated rings. The number of carbonyl (C=O) groups excluding carboxylic acids is 1. The summed E-state index contributed by atoms with van der Waals surface area (Å²) in [4.78, 5) is 11.6. The topological polar surface area (TPSA) is 61.7 Å². The van der Waals surface area contributed by atoms with Crippen LogP contribution in [0.2, 0.25) is 10.0 Å². The summed E-state index contributed by atoms with van der Waals surface area (Å²) in [6.07, 6.45) is 8.56. The van der Waals surface area contributed by atoms with Crippen molar-refractivity contribution < 1.29 is 9.90 Å². The Balaban J connectivity index is 2.32. The summed E-state index contributed by atoms with van der Waals surface area (Å²) in [6, 6.07) is 2.96. The monoisotopic (exact) mass is 344 g/mol. The minimum Gasteiger partial charge on any atom is -0.506 e. The zero-order valence-corrected chi connectivity index (χ0v) is 14.3. The fourth-order valence-electron chi connectivity index (χ4n) is 1.98. The number of nitrogens with zero attached hydrogens (tertiary/aromatic N) is 1. The maximum absolute atomic E-state index is 11.6. The maximum Gasteiger partial charge on any atom is 0.240 e. The van der Waals surface area contributed by atoms with Gasteiger partial charge >= 0.3 is 0 Å². The van der Waals surface area contributed by atoms with E-state index in [-0.39, 0.29) is 16.7 Å². The van der Waals surface area contributed by atoms with Gasteiger partial charge in [0.25, 0.3) is 0 Å². The first-order valence-corrected chi connectivity index (χ1v) is 8.30. The molecule has 4 nitrogen and oxygen atoms in total. The number of hydrogen-bond donors (Lipinski definition) is 2. The smallest absolute Gasteiger partial charge is 0.240 e. The Morgan fingerprint density at radius 3 is 2.64 bits per heavy atom. The number of benzene rings is 1. The first-order chi connectivity index (χ1) is 10.5. The molecular formula is C16H22Cl2N2O2. The van der Waals surface area contributed by atoms with Gasteiger partial charge in [-0.1, -0.05) is 62.2 Å². The Morgan fingerprint density at radius 2 is 1.91 bits per heavy atom. The third-order valence-electron chi connectivity index (χ3n) is 3.21. The number of halogens is 2. The van der Waals surface area contributed by atoms with Crippen LogP contribution in [-0.2, 0) is 4.79 Å². The number of aromatic hydroxyl groups is 1. The van der Waals surface area contributed by atoms with Gasteiger partial charge in [0.2, 0.25) is 5.91 Å². The van der Waals surface area contributed by atoms with E-state index in [1.54, 1.807) is 0 Å². The van der Waals surface area contributed by atoms with Crippen molar-refractivity contribution in [2.45, 2.75) is 51.9 Å². The molecule has 1 aromatic rings. The van der Waals surface area contributed by atoms with Crippen molar-refractivity contribution >= 4 is 35.3 Å². The summed E-state index contributed by atoms with van der Waals surface area (Å²) < 4.78 is 0. The number of rotatable bonds is 9. The summed E-state index contributed by atoms with van der Waals surface area (Å²) >= 11 is 11.6. The maximum atomic E-state index is 11.6. The Labute approximate surface area is 141 Å².